The molecule has 0 atom stereocenters. The number of hydrogen-bond donors (Lipinski definition) is 0. The van der Waals surface area contributed by atoms with E-state index in [9.17, 15) is 25.0 Å². The van der Waals surface area contributed by atoms with E-state index in [1.165, 1.54) is 28.8 Å². The standard InChI is InChI=1S/C18H17N3O6S/c22-18(19-6-8-27-9-7-19)17-15(20(23)24)10-14(11-16(17)21(25)26)28-12-13-4-2-1-3-5-13/h1-5,10-11H,6-9,12H2. The zero-order valence-electron chi connectivity index (χ0n) is 14.8. The summed E-state index contributed by atoms with van der Waals surface area (Å²) in [7, 11) is 0. The molecule has 2 aromatic rings. The molecule has 1 aliphatic heterocycles. The minimum atomic E-state index is -0.743. The summed E-state index contributed by atoms with van der Waals surface area (Å²) in [4.78, 5) is 36.2. The number of rotatable bonds is 6. The molecular formula is C18H17N3O6S. The summed E-state index contributed by atoms with van der Waals surface area (Å²) in [5.74, 6) is -0.229. The van der Waals surface area contributed by atoms with Gasteiger partial charge in [-0.2, -0.15) is 0 Å². The molecule has 3 rings (SSSR count). The Morgan fingerprint density at radius 1 is 1.04 bits per heavy atom. The Bertz CT molecular complexity index is 864. The Morgan fingerprint density at radius 3 is 2.14 bits per heavy atom. The van der Waals surface area contributed by atoms with Crippen molar-refractivity contribution in [2.24, 2.45) is 0 Å². The Hall–Kier alpha value is -2.98. The Kier molecular flexibility index (Phi) is 6.22. The van der Waals surface area contributed by atoms with Gasteiger partial charge in [0.15, 0.2) is 5.56 Å². The molecule has 1 amide bonds. The van der Waals surface area contributed by atoms with E-state index >= 15 is 0 Å². The lowest BCUT2D eigenvalue weighted by Gasteiger charge is -2.26. The third-order valence-electron chi connectivity index (χ3n) is 4.22. The third-order valence-corrected chi connectivity index (χ3v) is 5.27. The van der Waals surface area contributed by atoms with Crippen LogP contribution in [0.1, 0.15) is 15.9 Å². The lowest BCUT2D eigenvalue weighted by atomic mass is 10.1. The van der Waals surface area contributed by atoms with E-state index in [0.717, 1.165) is 5.56 Å². The van der Waals surface area contributed by atoms with Gasteiger partial charge in [-0.15, -0.1) is 11.8 Å². The van der Waals surface area contributed by atoms with Crippen LogP contribution in [-0.2, 0) is 10.5 Å². The smallest absolute Gasteiger partial charge is 0.290 e. The molecule has 146 valence electrons. The molecule has 0 unspecified atom stereocenters. The third kappa shape index (κ3) is 4.46. The molecule has 9 nitrogen and oxygen atoms in total. The maximum atomic E-state index is 12.8. The highest BCUT2D eigenvalue weighted by molar-refractivity contribution is 7.98. The first-order chi connectivity index (χ1) is 13.5. The Morgan fingerprint density at radius 2 is 1.61 bits per heavy atom. The molecule has 1 aliphatic rings. The molecule has 0 bridgehead atoms. The van der Waals surface area contributed by atoms with E-state index in [0.29, 0.717) is 23.9 Å². The molecule has 0 saturated carbocycles. The lowest BCUT2D eigenvalue weighted by Crippen LogP contribution is -2.41. The second-order valence-corrected chi connectivity index (χ2v) is 7.08. The number of carbonyl (C=O) groups is 1. The number of amides is 1. The van der Waals surface area contributed by atoms with Crippen LogP contribution in [0.5, 0.6) is 0 Å². The van der Waals surface area contributed by atoms with Gasteiger partial charge in [-0.25, -0.2) is 0 Å². The number of hydrogen-bond acceptors (Lipinski definition) is 7. The summed E-state index contributed by atoms with van der Waals surface area (Å²) in [5.41, 5.74) is -0.616. The molecule has 2 aromatic carbocycles. The fourth-order valence-electron chi connectivity index (χ4n) is 2.84. The maximum Gasteiger partial charge on any atom is 0.290 e. The zero-order valence-corrected chi connectivity index (χ0v) is 15.6. The van der Waals surface area contributed by atoms with Crippen molar-refractivity contribution in [2.45, 2.75) is 10.6 Å². The molecule has 1 heterocycles. The summed E-state index contributed by atoms with van der Waals surface area (Å²) < 4.78 is 5.17. The number of ether oxygens (including phenoxy) is 1. The van der Waals surface area contributed by atoms with Crippen molar-refractivity contribution >= 4 is 29.0 Å². The molecule has 0 N–H and O–H groups in total. The van der Waals surface area contributed by atoms with Crippen LogP contribution in [0.2, 0.25) is 0 Å². The van der Waals surface area contributed by atoms with Crippen LogP contribution >= 0.6 is 11.8 Å². The van der Waals surface area contributed by atoms with Crippen molar-refractivity contribution in [1.29, 1.82) is 0 Å². The second-order valence-electron chi connectivity index (χ2n) is 6.03. The molecule has 0 spiro atoms. The average Bonchev–Trinajstić information content (AvgIpc) is 2.72. The van der Waals surface area contributed by atoms with Gasteiger partial charge >= 0.3 is 0 Å². The molecular weight excluding hydrogens is 386 g/mol. The van der Waals surface area contributed by atoms with Gasteiger partial charge in [-0.05, 0) is 5.56 Å². The van der Waals surface area contributed by atoms with E-state index in [2.05, 4.69) is 0 Å². The lowest BCUT2D eigenvalue weighted by molar-refractivity contribution is -0.395. The van der Waals surface area contributed by atoms with Gasteiger partial charge in [-0.1, -0.05) is 30.3 Å². The van der Waals surface area contributed by atoms with E-state index in [4.69, 9.17) is 4.74 Å². The van der Waals surface area contributed by atoms with Crippen LogP contribution in [0.3, 0.4) is 0 Å². The molecule has 0 radical (unpaired) electrons. The first-order valence-electron chi connectivity index (χ1n) is 8.48. The predicted octanol–water partition coefficient (Wildman–Crippen LogP) is 3.27. The van der Waals surface area contributed by atoms with E-state index < -0.39 is 32.7 Å². The van der Waals surface area contributed by atoms with Crippen LogP contribution in [0.15, 0.2) is 47.4 Å². The van der Waals surface area contributed by atoms with E-state index in [-0.39, 0.29) is 13.1 Å². The second kappa shape index (κ2) is 8.81. The quantitative estimate of drug-likeness (QED) is 0.413. The van der Waals surface area contributed by atoms with Gasteiger partial charge in [-0.3, -0.25) is 25.0 Å². The monoisotopic (exact) mass is 403 g/mol. The van der Waals surface area contributed by atoms with Gasteiger partial charge in [0, 0.05) is 35.9 Å². The zero-order chi connectivity index (χ0) is 20.1. The molecule has 28 heavy (non-hydrogen) atoms. The number of carbonyl (C=O) groups excluding carboxylic acids is 1. The number of nitro benzene ring substituents is 2. The fraction of sp³-hybridized carbons (Fsp3) is 0.278. The van der Waals surface area contributed by atoms with Crippen molar-refractivity contribution in [3.63, 3.8) is 0 Å². The number of benzene rings is 2. The molecule has 10 heteroatoms. The summed E-state index contributed by atoms with van der Waals surface area (Å²) >= 11 is 1.24. The Balaban J connectivity index is 1.97. The van der Waals surface area contributed by atoms with Gasteiger partial charge in [0.25, 0.3) is 17.3 Å². The van der Waals surface area contributed by atoms with E-state index in [1.807, 2.05) is 30.3 Å². The van der Waals surface area contributed by atoms with Crippen molar-refractivity contribution in [1.82, 2.24) is 4.90 Å². The SMILES string of the molecule is O=C(c1c([N+](=O)[O-])cc(SCc2ccccc2)cc1[N+](=O)[O-])N1CCOCC1. The topological polar surface area (TPSA) is 116 Å². The van der Waals surface area contributed by atoms with Crippen molar-refractivity contribution < 1.29 is 19.4 Å². The average molecular weight is 403 g/mol. The minimum absolute atomic E-state index is 0.234. The van der Waals surface area contributed by atoms with Crippen molar-refractivity contribution in [3.05, 3.63) is 73.8 Å². The maximum absolute atomic E-state index is 12.8. The highest BCUT2D eigenvalue weighted by Crippen LogP contribution is 2.36. The molecule has 1 saturated heterocycles. The van der Waals surface area contributed by atoms with Gasteiger partial charge in [0.2, 0.25) is 0 Å². The fourth-order valence-corrected chi connectivity index (χ4v) is 3.76. The number of nitro groups is 2. The summed E-state index contributed by atoms with van der Waals surface area (Å²) in [6.07, 6.45) is 0. The summed E-state index contributed by atoms with van der Waals surface area (Å²) in [6.45, 7) is 1.05. The summed E-state index contributed by atoms with van der Waals surface area (Å²) in [6, 6.07) is 11.9. The Labute approximate surface area is 164 Å². The minimum Gasteiger partial charge on any atom is -0.378 e. The largest absolute Gasteiger partial charge is 0.378 e. The van der Waals surface area contributed by atoms with Crippen LogP contribution in [0, 0.1) is 20.2 Å². The van der Waals surface area contributed by atoms with Gasteiger partial charge < -0.3 is 9.64 Å². The van der Waals surface area contributed by atoms with Gasteiger partial charge in [0.05, 0.1) is 23.1 Å². The van der Waals surface area contributed by atoms with Crippen LogP contribution in [0.25, 0.3) is 0 Å². The van der Waals surface area contributed by atoms with Crippen LogP contribution < -0.4 is 0 Å². The van der Waals surface area contributed by atoms with Gasteiger partial charge in [0.1, 0.15) is 0 Å². The van der Waals surface area contributed by atoms with Crippen LogP contribution in [0.4, 0.5) is 11.4 Å². The number of thioether (sulfide) groups is 1. The predicted molar refractivity (Wildman–Crippen MR) is 102 cm³/mol. The van der Waals surface area contributed by atoms with Crippen molar-refractivity contribution in [3.8, 4) is 0 Å². The first kappa shape index (κ1) is 19.8. The summed E-state index contributed by atoms with van der Waals surface area (Å²) in [5, 5.41) is 23.2. The van der Waals surface area contributed by atoms with Crippen LogP contribution in [-0.4, -0.2) is 47.0 Å². The molecule has 1 fully saturated rings. The highest BCUT2D eigenvalue weighted by Gasteiger charge is 2.35. The number of nitrogens with zero attached hydrogens (tertiary/aromatic N) is 3. The molecule has 0 aromatic heterocycles. The number of morpholine rings is 1. The van der Waals surface area contributed by atoms with E-state index in [1.54, 1.807) is 0 Å². The first-order valence-corrected chi connectivity index (χ1v) is 9.46. The normalized spacial score (nSPS) is 13.9. The van der Waals surface area contributed by atoms with Crippen molar-refractivity contribution in [2.75, 3.05) is 26.3 Å². The highest BCUT2D eigenvalue weighted by atomic mass is 32.2. The molecule has 0 aliphatic carbocycles.